The number of halogens is 2. The Hall–Kier alpha value is -2.95. The number of fused-ring (bicyclic) bond motifs is 1. The molecule has 1 aliphatic heterocycles. The van der Waals surface area contributed by atoms with Gasteiger partial charge in [-0.15, -0.1) is 11.3 Å². The molecule has 1 atom stereocenters. The first-order chi connectivity index (χ1) is 18.2. The molecule has 2 aliphatic rings. The zero-order valence-electron chi connectivity index (χ0n) is 21.2. The lowest BCUT2D eigenvalue weighted by molar-refractivity contribution is -0.112. The van der Waals surface area contributed by atoms with E-state index in [1.54, 1.807) is 30.8 Å². The predicted molar refractivity (Wildman–Crippen MR) is 145 cm³/mol. The number of sulfonamides is 1. The average molecular weight is 558 g/mol. The zero-order chi connectivity index (χ0) is 27.0. The standard InChI is InChI=1S/C28H29F2N3O3S2/c1-32-25-12-10-20(16-22(25)23(28(32)34)17-26-31-13-14-37-26)38(35,36)33(2)27(18-7-5-3-4-6-8-18)21-11-9-19(29)15-24(21)30/h9-18,27H,3-8H2,1-2H3/b23-17+. The molecular formula is C28H29F2N3O3S2. The van der Waals surface area contributed by atoms with Crippen LogP contribution in [-0.2, 0) is 14.8 Å². The molecule has 0 N–H and O–H groups in total. The molecule has 2 aromatic carbocycles. The molecule has 38 heavy (non-hydrogen) atoms. The summed E-state index contributed by atoms with van der Waals surface area (Å²) in [5.41, 5.74) is 1.64. The van der Waals surface area contributed by atoms with Crippen LogP contribution in [0.4, 0.5) is 14.5 Å². The number of benzene rings is 2. The highest BCUT2D eigenvalue weighted by atomic mass is 32.2. The number of thiazole rings is 1. The van der Waals surface area contributed by atoms with Crippen molar-refractivity contribution in [2.45, 2.75) is 49.5 Å². The molecule has 1 aliphatic carbocycles. The molecule has 200 valence electrons. The van der Waals surface area contributed by atoms with Gasteiger partial charge in [0.25, 0.3) is 5.91 Å². The molecule has 3 aromatic rings. The van der Waals surface area contributed by atoms with Gasteiger partial charge in [0.1, 0.15) is 16.6 Å². The van der Waals surface area contributed by atoms with Crippen LogP contribution in [0.5, 0.6) is 0 Å². The maximum atomic E-state index is 15.1. The van der Waals surface area contributed by atoms with E-state index in [9.17, 15) is 17.6 Å². The zero-order valence-corrected chi connectivity index (χ0v) is 22.9. The van der Waals surface area contributed by atoms with Crippen LogP contribution in [-0.4, -0.2) is 37.7 Å². The van der Waals surface area contributed by atoms with E-state index in [-0.39, 0.29) is 22.3 Å². The van der Waals surface area contributed by atoms with Gasteiger partial charge in [0.05, 0.1) is 22.2 Å². The molecule has 0 saturated heterocycles. The number of hydrogen-bond acceptors (Lipinski definition) is 5. The summed E-state index contributed by atoms with van der Waals surface area (Å²) >= 11 is 1.38. The third kappa shape index (κ3) is 4.92. The number of hydrogen-bond donors (Lipinski definition) is 0. The first kappa shape index (κ1) is 26.6. The van der Waals surface area contributed by atoms with Gasteiger partial charge in [-0.1, -0.05) is 31.7 Å². The molecule has 0 bridgehead atoms. The molecular weight excluding hydrogens is 528 g/mol. The quantitative estimate of drug-likeness (QED) is 0.265. The third-order valence-electron chi connectivity index (χ3n) is 7.57. The normalized spacial score (nSPS) is 18.7. The Morgan fingerprint density at radius 3 is 2.50 bits per heavy atom. The van der Waals surface area contributed by atoms with Crippen molar-refractivity contribution in [2.24, 2.45) is 5.92 Å². The number of carbonyl (C=O) groups excluding carboxylic acids is 1. The molecule has 6 nitrogen and oxygen atoms in total. The number of amides is 1. The third-order valence-corrected chi connectivity index (χ3v) is 10.1. The molecule has 1 amide bonds. The van der Waals surface area contributed by atoms with Crippen LogP contribution >= 0.6 is 11.3 Å². The van der Waals surface area contributed by atoms with Gasteiger partial charge in [0.2, 0.25) is 10.0 Å². The molecule has 1 aromatic heterocycles. The van der Waals surface area contributed by atoms with Crippen LogP contribution in [0.1, 0.15) is 60.7 Å². The van der Waals surface area contributed by atoms with Gasteiger partial charge in [-0.2, -0.15) is 4.31 Å². The van der Waals surface area contributed by atoms with Crippen LogP contribution in [0.15, 0.2) is 52.9 Å². The van der Waals surface area contributed by atoms with E-state index >= 15 is 4.39 Å². The first-order valence-electron chi connectivity index (χ1n) is 12.6. The van der Waals surface area contributed by atoms with Crippen molar-refractivity contribution in [1.82, 2.24) is 9.29 Å². The number of likely N-dealkylation sites (N-methyl/N-ethyl adjacent to an activating group) is 1. The summed E-state index contributed by atoms with van der Waals surface area (Å²) in [6.07, 6.45) is 8.76. The van der Waals surface area contributed by atoms with Crippen LogP contribution < -0.4 is 4.90 Å². The van der Waals surface area contributed by atoms with Crippen molar-refractivity contribution < 1.29 is 22.0 Å². The Morgan fingerprint density at radius 2 is 1.84 bits per heavy atom. The fourth-order valence-electron chi connectivity index (χ4n) is 5.59. The first-order valence-corrected chi connectivity index (χ1v) is 15.0. The topological polar surface area (TPSA) is 70.6 Å². The van der Waals surface area contributed by atoms with Gasteiger partial charge in [0.15, 0.2) is 0 Å². The van der Waals surface area contributed by atoms with E-state index < -0.39 is 27.7 Å². The van der Waals surface area contributed by atoms with Crippen LogP contribution in [0, 0.1) is 17.6 Å². The van der Waals surface area contributed by atoms with Gasteiger partial charge in [-0.25, -0.2) is 22.2 Å². The molecule has 0 spiro atoms. The average Bonchev–Trinajstić information content (AvgIpc) is 3.38. The highest BCUT2D eigenvalue weighted by Gasteiger charge is 2.38. The molecule has 1 saturated carbocycles. The number of rotatable bonds is 6. The maximum absolute atomic E-state index is 15.1. The fraction of sp³-hybridized carbons (Fsp3) is 0.357. The summed E-state index contributed by atoms with van der Waals surface area (Å²) in [6, 6.07) is 7.16. The summed E-state index contributed by atoms with van der Waals surface area (Å²) in [7, 11) is -1.01. The van der Waals surface area contributed by atoms with E-state index in [4.69, 9.17) is 0 Å². The van der Waals surface area contributed by atoms with Gasteiger partial charge >= 0.3 is 0 Å². The highest BCUT2D eigenvalue weighted by Crippen LogP contribution is 2.42. The van der Waals surface area contributed by atoms with Crippen molar-refractivity contribution >= 4 is 44.6 Å². The molecule has 5 rings (SSSR count). The number of carbonyl (C=O) groups is 1. The molecule has 0 radical (unpaired) electrons. The Bertz CT molecular complexity index is 1480. The summed E-state index contributed by atoms with van der Waals surface area (Å²) in [5.74, 6) is -1.82. The van der Waals surface area contributed by atoms with Gasteiger partial charge in [0, 0.05) is 42.9 Å². The SMILES string of the molecule is CN1C(=O)/C(=C/c2nccs2)c2cc(S(=O)(=O)N(C)C(c3ccc(F)cc3F)C3CCCCCC3)ccc21. The Labute approximate surface area is 225 Å². The monoisotopic (exact) mass is 557 g/mol. The number of aromatic nitrogens is 1. The number of anilines is 1. The van der Waals surface area contributed by atoms with Crippen LogP contribution in [0.3, 0.4) is 0 Å². The summed E-state index contributed by atoms with van der Waals surface area (Å²) in [6.45, 7) is 0. The lowest BCUT2D eigenvalue weighted by atomic mass is 9.87. The van der Waals surface area contributed by atoms with Crippen molar-refractivity contribution in [1.29, 1.82) is 0 Å². The predicted octanol–water partition coefficient (Wildman–Crippen LogP) is 6.27. The second-order valence-corrected chi connectivity index (χ2v) is 12.8. The van der Waals surface area contributed by atoms with Crippen molar-refractivity contribution in [3.63, 3.8) is 0 Å². The van der Waals surface area contributed by atoms with Crippen LogP contribution in [0.2, 0.25) is 0 Å². The minimum Gasteiger partial charge on any atom is -0.311 e. The van der Waals surface area contributed by atoms with Crippen LogP contribution in [0.25, 0.3) is 11.6 Å². The smallest absolute Gasteiger partial charge is 0.258 e. The summed E-state index contributed by atoms with van der Waals surface area (Å²) in [4.78, 5) is 18.7. The Morgan fingerprint density at radius 1 is 1.11 bits per heavy atom. The van der Waals surface area contributed by atoms with E-state index in [1.807, 2.05) is 0 Å². The summed E-state index contributed by atoms with van der Waals surface area (Å²) in [5, 5.41) is 2.44. The second-order valence-electron chi connectivity index (χ2n) is 9.86. The van der Waals surface area contributed by atoms with Gasteiger partial charge < -0.3 is 4.90 Å². The lowest BCUT2D eigenvalue weighted by Crippen LogP contribution is -2.36. The molecule has 1 fully saturated rings. The Kier molecular flexibility index (Phi) is 7.48. The van der Waals surface area contributed by atoms with Crippen molar-refractivity contribution in [3.05, 3.63) is 75.7 Å². The molecule has 10 heteroatoms. The minimum absolute atomic E-state index is 0.00744. The minimum atomic E-state index is -4.11. The molecule has 1 unspecified atom stereocenters. The van der Waals surface area contributed by atoms with Gasteiger partial charge in [-0.05, 0) is 49.1 Å². The highest BCUT2D eigenvalue weighted by molar-refractivity contribution is 7.89. The van der Waals surface area contributed by atoms with E-state index in [1.165, 1.54) is 51.9 Å². The largest absolute Gasteiger partial charge is 0.311 e. The number of nitrogens with zero attached hydrogens (tertiary/aromatic N) is 3. The Balaban J connectivity index is 1.58. The molecule has 2 heterocycles. The van der Waals surface area contributed by atoms with Gasteiger partial charge in [-0.3, -0.25) is 4.79 Å². The summed E-state index contributed by atoms with van der Waals surface area (Å²) < 4.78 is 58.2. The lowest BCUT2D eigenvalue weighted by Gasteiger charge is -2.34. The second kappa shape index (κ2) is 10.7. The van der Waals surface area contributed by atoms with E-state index in [2.05, 4.69) is 4.98 Å². The van der Waals surface area contributed by atoms with E-state index in [0.29, 0.717) is 21.8 Å². The van der Waals surface area contributed by atoms with E-state index in [0.717, 1.165) is 44.6 Å². The maximum Gasteiger partial charge on any atom is 0.258 e. The van der Waals surface area contributed by atoms with Crippen molar-refractivity contribution in [2.75, 3.05) is 19.0 Å². The van der Waals surface area contributed by atoms with Crippen molar-refractivity contribution in [3.8, 4) is 0 Å². The fourth-order valence-corrected chi connectivity index (χ4v) is 7.58.